The van der Waals surface area contributed by atoms with E-state index < -0.39 is 18.2 Å². The molecule has 2 aromatic carbocycles. The Labute approximate surface area is 185 Å². The van der Waals surface area contributed by atoms with E-state index in [9.17, 15) is 27.6 Å². The van der Waals surface area contributed by atoms with Gasteiger partial charge < -0.3 is 4.74 Å². The van der Waals surface area contributed by atoms with Crippen molar-refractivity contribution in [1.82, 2.24) is 20.6 Å². The smallest absolute Gasteiger partial charge is 0.406 e. The fourth-order valence-electron chi connectivity index (χ4n) is 2.94. The number of carbonyl (C=O) groups is 2. The number of hydrogen-bond donors (Lipinski definition) is 2. The van der Waals surface area contributed by atoms with E-state index in [0.29, 0.717) is 29.3 Å². The molecule has 2 N–H and O–H groups in total. The molecule has 3 rings (SSSR count). The summed E-state index contributed by atoms with van der Waals surface area (Å²) in [7, 11) is 0. The molecule has 0 aliphatic rings. The molecule has 11 heteroatoms. The molecule has 1 aromatic heterocycles. The number of aryl methyl sites for hydroxylation is 1. The van der Waals surface area contributed by atoms with Crippen molar-refractivity contribution in [3.8, 4) is 5.75 Å². The highest BCUT2D eigenvalue weighted by atomic mass is 19.4. The van der Waals surface area contributed by atoms with Crippen LogP contribution in [0.4, 0.5) is 13.2 Å². The third-order valence-corrected chi connectivity index (χ3v) is 4.36. The fraction of sp³-hybridized carbons (Fsp3) is 0.182. The van der Waals surface area contributed by atoms with Gasteiger partial charge in [-0.1, -0.05) is 37.3 Å². The van der Waals surface area contributed by atoms with Crippen molar-refractivity contribution in [2.45, 2.75) is 26.3 Å². The lowest BCUT2D eigenvalue weighted by atomic mass is 10.1. The Morgan fingerprint density at radius 1 is 1.06 bits per heavy atom. The maximum Gasteiger partial charge on any atom is 0.573 e. The molecule has 0 saturated heterocycles. The summed E-state index contributed by atoms with van der Waals surface area (Å²) in [6.07, 6.45) is -1.73. The predicted molar refractivity (Wildman–Crippen MR) is 114 cm³/mol. The Hall–Kier alpha value is -4.15. The third-order valence-electron chi connectivity index (χ3n) is 4.36. The van der Waals surface area contributed by atoms with Crippen molar-refractivity contribution in [2.75, 3.05) is 0 Å². The largest absolute Gasteiger partial charge is 0.573 e. The summed E-state index contributed by atoms with van der Waals surface area (Å²) in [4.78, 5) is 37.2. The average molecular weight is 460 g/mol. The van der Waals surface area contributed by atoms with Crippen LogP contribution in [0.2, 0.25) is 0 Å². The van der Waals surface area contributed by atoms with Gasteiger partial charge in [-0.15, -0.1) is 13.2 Å². The summed E-state index contributed by atoms with van der Waals surface area (Å²) in [6, 6.07) is 11.4. The van der Waals surface area contributed by atoms with Gasteiger partial charge in [0.05, 0.1) is 5.39 Å². The van der Waals surface area contributed by atoms with Gasteiger partial charge >= 0.3 is 6.36 Å². The topological polar surface area (TPSA) is 102 Å². The minimum absolute atomic E-state index is 0.0248. The van der Waals surface area contributed by atoms with Gasteiger partial charge in [-0.05, 0) is 36.3 Å². The van der Waals surface area contributed by atoms with Crippen molar-refractivity contribution < 1.29 is 27.5 Å². The minimum atomic E-state index is -4.79. The number of hydrazine groups is 1. The first-order valence-electron chi connectivity index (χ1n) is 9.82. The zero-order valence-electron chi connectivity index (χ0n) is 17.3. The van der Waals surface area contributed by atoms with Crippen LogP contribution in [0, 0.1) is 0 Å². The van der Waals surface area contributed by atoms with Crippen LogP contribution in [0.5, 0.6) is 5.75 Å². The SMILES string of the molecule is CCCn1nc(C(=O)NNC(=O)/C=C/c2ccc(OC(F)(F)F)cc2)c2ccccc2c1=O. The summed E-state index contributed by atoms with van der Waals surface area (Å²) in [6.45, 7) is 2.19. The number of halogens is 3. The second-order valence-electron chi connectivity index (χ2n) is 6.82. The van der Waals surface area contributed by atoms with Crippen molar-refractivity contribution >= 4 is 28.7 Å². The highest BCUT2D eigenvalue weighted by molar-refractivity contribution is 6.05. The van der Waals surface area contributed by atoms with Gasteiger partial charge in [-0.2, -0.15) is 5.10 Å². The second kappa shape index (κ2) is 9.98. The van der Waals surface area contributed by atoms with Crippen LogP contribution in [-0.4, -0.2) is 28.0 Å². The number of alkyl halides is 3. The second-order valence-corrected chi connectivity index (χ2v) is 6.82. The molecular weight excluding hydrogens is 441 g/mol. The minimum Gasteiger partial charge on any atom is -0.406 e. The van der Waals surface area contributed by atoms with E-state index in [2.05, 4.69) is 20.7 Å². The monoisotopic (exact) mass is 460 g/mol. The number of fused-ring (bicyclic) bond motifs is 1. The van der Waals surface area contributed by atoms with Crippen molar-refractivity contribution in [3.63, 3.8) is 0 Å². The molecule has 0 spiro atoms. The van der Waals surface area contributed by atoms with Crippen LogP contribution in [0.15, 0.2) is 59.4 Å². The van der Waals surface area contributed by atoms with E-state index in [0.717, 1.165) is 18.2 Å². The molecule has 0 radical (unpaired) electrons. The Kier molecular flexibility index (Phi) is 7.11. The molecule has 0 aliphatic heterocycles. The summed E-state index contributed by atoms with van der Waals surface area (Å²) >= 11 is 0. The highest BCUT2D eigenvalue weighted by Crippen LogP contribution is 2.23. The molecular formula is C22H19F3N4O4. The molecule has 0 saturated carbocycles. The van der Waals surface area contributed by atoms with Crippen molar-refractivity contribution in [1.29, 1.82) is 0 Å². The third kappa shape index (κ3) is 6.19. The Morgan fingerprint density at radius 2 is 1.73 bits per heavy atom. The molecule has 0 fully saturated rings. The first-order chi connectivity index (χ1) is 15.7. The maximum atomic E-state index is 12.6. The quantitative estimate of drug-likeness (QED) is 0.435. The molecule has 0 unspecified atom stereocenters. The first-order valence-corrected chi connectivity index (χ1v) is 9.82. The van der Waals surface area contributed by atoms with E-state index in [1.54, 1.807) is 24.3 Å². The van der Waals surface area contributed by atoms with Crippen molar-refractivity contribution in [3.05, 3.63) is 76.2 Å². The van der Waals surface area contributed by atoms with E-state index >= 15 is 0 Å². The Bertz CT molecular complexity index is 1250. The van der Waals surface area contributed by atoms with Gasteiger partial charge in [0.1, 0.15) is 5.75 Å². The fourth-order valence-corrected chi connectivity index (χ4v) is 2.94. The highest BCUT2D eigenvalue weighted by Gasteiger charge is 2.30. The summed E-state index contributed by atoms with van der Waals surface area (Å²) in [5.74, 6) is -1.79. The lowest BCUT2D eigenvalue weighted by Gasteiger charge is -2.11. The van der Waals surface area contributed by atoms with Gasteiger partial charge in [0, 0.05) is 18.0 Å². The van der Waals surface area contributed by atoms with Gasteiger partial charge in [-0.3, -0.25) is 25.2 Å². The van der Waals surface area contributed by atoms with E-state index in [4.69, 9.17) is 0 Å². The number of hydrogen-bond acceptors (Lipinski definition) is 5. The van der Waals surface area contributed by atoms with Crippen LogP contribution in [0.1, 0.15) is 29.4 Å². The molecule has 3 aromatic rings. The number of carbonyl (C=O) groups excluding carboxylic acids is 2. The zero-order chi connectivity index (χ0) is 24.0. The van der Waals surface area contributed by atoms with E-state index in [-0.39, 0.29) is 17.0 Å². The number of ether oxygens (including phenoxy) is 1. The van der Waals surface area contributed by atoms with Crippen LogP contribution >= 0.6 is 0 Å². The normalized spacial score (nSPS) is 11.5. The molecule has 33 heavy (non-hydrogen) atoms. The summed E-state index contributed by atoms with van der Waals surface area (Å²) in [5, 5.41) is 4.80. The first kappa shape index (κ1) is 23.5. The lowest BCUT2D eigenvalue weighted by molar-refractivity contribution is -0.274. The van der Waals surface area contributed by atoms with Gasteiger partial charge in [-0.25, -0.2) is 4.68 Å². The molecule has 0 aliphatic carbocycles. The molecule has 2 amide bonds. The standard InChI is InChI=1S/C22H19F3N4O4/c1-2-13-29-21(32)17-6-4-3-5-16(17)19(28-29)20(31)27-26-18(30)12-9-14-7-10-15(11-8-14)33-22(23,24)25/h3-12H,2,13H2,1H3,(H,26,30)(H,27,31)/b12-9+. The van der Waals surface area contributed by atoms with E-state index in [1.165, 1.54) is 22.9 Å². The number of nitrogens with zero attached hydrogens (tertiary/aromatic N) is 2. The number of amides is 2. The molecule has 0 bridgehead atoms. The summed E-state index contributed by atoms with van der Waals surface area (Å²) in [5.41, 5.74) is 4.53. The average Bonchev–Trinajstić information content (AvgIpc) is 2.78. The molecule has 1 heterocycles. The predicted octanol–water partition coefficient (Wildman–Crippen LogP) is 3.18. The number of aromatic nitrogens is 2. The number of nitrogens with one attached hydrogen (secondary N) is 2. The Balaban J connectivity index is 1.67. The van der Waals surface area contributed by atoms with Gasteiger partial charge in [0.15, 0.2) is 5.69 Å². The van der Waals surface area contributed by atoms with Crippen LogP contribution in [0.25, 0.3) is 16.8 Å². The lowest BCUT2D eigenvalue weighted by Crippen LogP contribution is -2.42. The molecule has 0 atom stereocenters. The van der Waals surface area contributed by atoms with Crippen LogP contribution in [-0.2, 0) is 11.3 Å². The van der Waals surface area contributed by atoms with Crippen LogP contribution in [0.3, 0.4) is 0 Å². The Morgan fingerprint density at radius 3 is 2.36 bits per heavy atom. The van der Waals surface area contributed by atoms with Crippen molar-refractivity contribution in [2.24, 2.45) is 0 Å². The van der Waals surface area contributed by atoms with Gasteiger partial charge in [0.25, 0.3) is 17.4 Å². The van der Waals surface area contributed by atoms with Crippen LogP contribution < -0.4 is 21.1 Å². The van der Waals surface area contributed by atoms with Gasteiger partial charge in [0.2, 0.25) is 0 Å². The molecule has 172 valence electrons. The summed E-state index contributed by atoms with van der Waals surface area (Å²) < 4.78 is 41.5. The van der Waals surface area contributed by atoms with E-state index in [1.807, 2.05) is 6.92 Å². The number of benzene rings is 2. The maximum absolute atomic E-state index is 12.6. The number of rotatable bonds is 6. The molecule has 8 nitrogen and oxygen atoms in total. The zero-order valence-corrected chi connectivity index (χ0v) is 17.3.